The monoisotopic (exact) mass is 351 g/mol. The van der Waals surface area contributed by atoms with Crippen LogP contribution < -0.4 is 5.32 Å². The van der Waals surface area contributed by atoms with Crippen molar-refractivity contribution in [2.24, 2.45) is 0 Å². The van der Waals surface area contributed by atoms with Crippen LogP contribution in [0.5, 0.6) is 0 Å². The van der Waals surface area contributed by atoms with Gasteiger partial charge in [-0.1, -0.05) is 18.2 Å². The minimum absolute atomic E-state index is 0.0984. The SMILES string of the molecule is Cc1ccc(-c2ccc3c(c2)CNCCC3c2ccc(F)cc2F)nn1. The molecule has 1 aliphatic rings. The number of halogens is 2. The summed E-state index contributed by atoms with van der Waals surface area (Å²) >= 11 is 0. The molecule has 132 valence electrons. The lowest BCUT2D eigenvalue weighted by atomic mass is 9.85. The Bertz CT molecular complexity index is 938. The van der Waals surface area contributed by atoms with Crippen molar-refractivity contribution in [2.45, 2.75) is 25.8 Å². The Hall–Kier alpha value is -2.66. The molecule has 0 aliphatic carbocycles. The molecule has 0 saturated heterocycles. The van der Waals surface area contributed by atoms with Gasteiger partial charge < -0.3 is 5.32 Å². The zero-order valence-corrected chi connectivity index (χ0v) is 14.5. The molecule has 2 heterocycles. The van der Waals surface area contributed by atoms with E-state index >= 15 is 0 Å². The van der Waals surface area contributed by atoms with Gasteiger partial charge in [0.1, 0.15) is 11.6 Å². The molecule has 1 aliphatic heterocycles. The highest BCUT2D eigenvalue weighted by atomic mass is 19.1. The number of nitrogens with one attached hydrogen (secondary N) is 1. The summed E-state index contributed by atoms with van der Waals surface area (Å²) in [5.41, 5.74) is 5.39. The minimum atomic E-state index is -0.550. The quantitative estimate of drug-likeness (QED) is 0.746. The van der Waals surface area contributed by atoms with Gasteiger partial charge >= 0.3 is 0 Å². The first-order valence-corrected chi connectivity index (χ1v) is 8.71. The Morgan fingerprint density at radius 2 is 1.81 bits per heavy atom. The molecule has 5 heteroatoms. The van der Waals surface area contributed by atoms with Gasteiger partial charge in [-0.2, -0.15) is 10.2 Å². The van der Waals surface area contributed by atoms with E-state index in [-0.39, 0.29) is 5.92 Å². The zero-order chi connectivity index (χ0) is 18.1. The molecule has 0 spiro atoms. The molecule has 3 aromatic rings. The van der Waals surface area contributed by atoms with Crippen LogP contribution in [0.3, 0.4) is 0 Å². The second kappa shape index (κ2) is 6.92. The summed E-state index contributed by atoms with van der Waals surface area (Å²) in [6.45, 7) is 3.39. The predicted molar refractivity (Wildman–Crippen MR) is 96.7 cm³/mol. The van der Waals surface area contributed by atoms with E-state index in [1.54, 1.807) is 6.07 Å². The van der Waals surface area contributed by atoms with Crippen molar-refractivity contribution in [1.82, 2.24) is 15.5 Å². The van der Waals surface area contributed by atoms with E-state index in [1.165, 1.54) is 6.07 Å². The maximum absolute atomic E-state index is 14.4. The molecular formula is C21H19F2N3. The first-order valence-electron chi connectivity index (χ1n) is 8.71. The van der Waals surface area contributed by atoms with Crippen LogP contribution in [0, 0.1) is 18.6 Å². The first-order chi connectivity index (χ1) is 12.6. The van der Waals surface area contributed by atoms with Crippen molar-refractivity contribution in [3.05, 3.63) is 82.5 Å². The standard InChI is InChI=1S/C21H19F2N3/c1-13-2-7-21(26-25-13)14-3-5-17-15(10-14)12-24-9-8-18(17)19-6-4-16(22)11-20(19)23/h2-7,10-11,18,24H,8-9,12H2,1H3. The number of fused-ring (bicyclic) bond motifs is 1. The van der Waals surface area contributed by atoms with Crippen molar-refractivity contribution in [2.75, 3.05) is 6.54 Å². The van der Waals surface area contributed by atoms with Gasteiger partial charge in [0.2, 0.25) is 0 Å². The Kier molecular flexibility index (Phi) is 4.47. The van der Waals surface area contributed by atoms with Gasteiger partial charge in [0, 0.05) is 24.1 Å². The number of nitrogens with zero attached hydrogens (tertiary/aromatic N) is 2. The summed E-state index contributed by atoms with van der Waals surface area (Å²) in [5.74, 6) is -1.14. The lowest BCUT2D eigenvalue weighted by Crippen LogP contribution is -2.12. The Labute approximate surface area is 151 Å². The molecule has 1 unspecified atom stereocenters. The van der Waals surface area contributed by atoms with Gasteiger partial charge in [-0.25, -0.2) is 8.78 Å². The number of benzene rings is 2. The van der Waals surface area contributed by atoms with Crippen LogP contribution in [-0.4, -0.2) is 16.7 Å². The number of aromatic nitrogens is 2. The molecule has 0 amide bonds. The van der Waals surface area contributed by atoms with Crippen molar-refractivity contribution >= 4 is 0 Å². The maximum Gasteiger partial charge on any atom is 0.129 e. The van der Waals surface area contributed by atoms with Gasteiger partial charge in [0.05, 0.1) is 11.4 Å². The third-order valence-electron chi connectivity index (χ3n) is 4.88. The number of aryl methyl sites for hydroxylation is 1. The Morgan fingerprint density at radius 1 is 0.962 bits per heavy atom. The normalized spacial score (nSPS) is 16.8. The largest absolute Gasteiger partial charge is 0.313 e. The second-order valence-electron chi connectivity index (χ2n) is 6.66. The molecule has 1 aromatic heterocycles. The highest BCUT2D eigenvalue weighted by Crippen LogP contribution is 2.35. The fraction of sp³-hybridized carbons (Fsp3) is 0.238. The average molecular weight is 351 g/mol. The number of hydrogen-bond donors (Lipinski definition) is 1. The summed E-state index contributed by atoms with van der Waals surface area (Å²) in [7, 11) is 0. The molecule has 3 nitrogen and oxygen atoms in total. The molecule has 4 rings (SSSR count). The summed E-state index contributed by atoms with van der Waals surface area (Å²) in [6, 6.07) is 13.8. The van der Waals surface area contributed by atoms with Crippen molar-refractivity contribution < 1.29 is 8.78 Å². The van der Waals surface area contributed by atoms with E-state index in [4.69, 9.17) is 0 Å². The van der Waals surface area contributed by atoms with E-state index < -0.39 is 11.6 Å². The van der Waals surface area contributed by atoms with E-state index in [0.29, 0.717) is 12.1 Å². The highest BCUT2D eigenvalue weighted by Gasteiger charge is 2.23. The molecule has 2 aromatic carbocycles. The zero-order valence-electron chi connectivity index (χ0n) is 14.5. The van der Waals surface area contributed by atoms with Gasteiger partial charge in [-0.05, 0) is 60.8 Å². The third-order valence-corrected chi connectivity index (χ3v) is 4.88. The van der Waals surface area contributed by atoms with Gasteiger partial charge in [-0.15, -0.1) is 0 Å². The molecular weight excluding hydrogens is 332 g/mol. The molecule has 1 N–H and O–H groups in total. The fourth-order valence-corrected chi connectivity index (χ4v) is 3.54. The van der Waals surface area contributed by atoms with Crippen LogP contribution >= 0.6 is 0 Å². The lowest BCUT2D eigenvalue weighted by Gasteiger charge is -2.19. The maximum atomic E-state index is 14.4. The lowest BCUT2D eigenvalue weighted by molar-refractivity contribution is 0.555. The number of rotatable bonds is 2. The molecule has 26 heavy (non-hydrogen) atoms. The Balaban J connectivity index is 1.76. The van der Waals surface area contributed by atoms with Crippen LogP contribution in [0.4, 0.5) is 8.78 Å². The summed E-state index contributed by atoms with van der Waals surface area (Å²) < 4.78 is 27.7. The van der Waals surface area contributed by atoms with E-state index in [0.717, 1.165) is 47.1 Å². The second-order valence-corrected chi connectivity index (χ2v) is 6.66. The van der Waals surface area contributed by atoms with Crippen LogP contribution in [0.25, 0.3) is 11.3 Å². The molecule has 0 saturated carbocycles. The van der Waals surface area contributed by atoms with E-state index in [1.807, 2.05) is 31.2 Å². The van der Waals surface area contributed by atoms with Crippen molar-refractivity contribution in [1.29, 1.82) is 0 Å². The summed E-state index contributed by atoms with van der Waals surface area (Å²) in [5, 5.41) is 11.8. The van der Waals surface area contributed by atoms with E-state index in [2.05, 4.69) is 21.6 Å². The van der Waals surface area contributed by atoms with Crippen LogP contribution in [0.1, 0.15) is 34.7 Å². The Morgan fingerprint density at radius 3 is 2.58 bits per heavy atom. The van der Waals surface area contributed by atoms with Crippen LogP contribution in [-0.2, 0) is 6.54 Å². The molecule has 1 atom stereocenters. The molecule has 0 radical (unpaired) electrons. The van der Waals surface area contributed by atoms with Gasteiger partial charge in [0.15, 0.2) is 0 Å². The van der Waals surface area contributed by atoms with Crippen molar-refractivity contribution in [3.63, 3.8) is 0 Å². The first kappa shape index (κ1) is 16.8. The van der Waals surface area contributed by atoms with Crippen LogP contribution in [0.2, 0.25) is 0 Å². The van der Waals surface area contributed by atoms with E-state index in [9.17, 15) is 8.78 Å². The third kappa shape index (κ3) is 3.22. The summed E-state index contributed by atoms with van der Waals surface area (Å²) in [4.78, 5) is 0. The average Bonchev–Trinajstić information content (AvgIpc) is 2.84. The smallest absolute Gasteiger partial charge is 0.129 e. The molecule has 0 fully saturated rings. The fourth-order valence-electron chi connectivity index (χ4n) is 3.54. The topological polar surface area (TPSA) is 37.8 Å². The molecule has 0 bridgehead atoms. The highest BCUT2D eigenvalue weighted by molar-refractivity contribution is 5.61. The van der Waals surface area contributed by atoms with Gasteiger partial charge in [-0.3, -0.25) is 0 Å². The van der Waals surface area contributed by atoms with Gasteiger partial charge in [0.25, 0.3) is 0 Å². The van der Waals surface area contributed by atoms with Crippen molar-refractivity contribution in [3.8, 4) is 11.3 Å². The van der Waals surface area contributed by atoms with Crippen LogP contribution in [0.15, 0.2) is 48.5 Å². The summed E-state index contributed by atoms with van der Waals surface area (Å²) in [6.07, 6.45) is 0.763. The minimum Gasteiger partial charge on any atom is -0.313 e. The number of hydrogen-bond acceptors (Lipinski definition) is 3. The predicted octanol–water partition coefficient (Wildman–Crippen LogP) is 4.36.